The Bertz CT molecular complexity index is 189. The second-order valence-corrected chi connectivity index (χ2v) is 6.10. The number of hydrogen-bond donors (Lipinski definition) is 2. The summed E-state index contributed by atoms with van der Waals surface area (Å²) in [4.78, 5) is 0. The SMILES string of the molecule is CC(C)CNCC(O)COCC1CCCCCC1. The smallest absolute Gasteiger partial charge is 0.0897 e. The van der Waals surface area contributed by atoms with Gasteiger partial charge in [-0.2, -0.15) is 0 Å². The summed E-state index contributed by atoms with van der Waals surface area (Å²) in [5, 5.41) is 13.0. The molecule has 108 valence electrons. The molecule has 0 aliphatic heterocycles. The highest BCUT2D eigenvalue weighted by Crippen LogP contribution is 2.22. The van der Waals surface area contributed by atoms with Gasteiger partial charge in [0, 0.05) is 13.2 Å². The third-order valence-corrected chi connectivity index (χ3v) is 3.57. The maximum absolute atomic E-state index is 9.76. The maximum Gasteiger partial charge on any atom is 0.0897 e. The largest absolute Gasteiger partial charge is 0.389 e. The summed E-state index contributed by atoms with van der Waals surface area (Å²) < 4.78 is 5.66. The summed E-state index contributed by atoms with van der Waals surface area (Å²) >= 11 is 0. The zero-order valence-electron chi connectivity index (χ0n) is 12.2. The van der Waals surface area contributed by atoms with Crippen molar-refractivity contribution in [3.05, 3.63) is 0 Å². The third kappa shape index (κ3) is 8.06. The molecule has 0 aromatic heterocycles. The fourth-order valence-electron chi connectivity index (χ4n) is 2.50. The quantitative estimate of drug-likeness (QED) is 0.657. The van der Waals surface area contributed by atoms with Crippen molar-refractivity contribution in [2.45, 2.75) is 58.5 Å². The van der Waals surface area contributed by atoms with Crippen molar-refractivity contribution >= 4 is 0 Å². The molecule has 0 radical (unpaired) electrons. The molecule has 3 heteroatoms. The Hall–Kier alpha value is -0.120. The highest BCUT2D eigenvalue weighted by molar-refractivity contribution is 4.65. The third-order valence-electron chi connectivity index (χ3n) is 3.57. The first-order valence-corrected chi connectivity index (χ1v) is 7.65. The summed E-state index contributed by atoms with van der Waals surface area (Å²) in [7, 11) is 0. The minimum atomic E-state index is -0.366. The van der Waals surface area contributed by atoms with Crippen molar-refractivity contribution in [3.8, 4) is 0 Å². The molecule has 1 atom stereocenters. The molecule has 1 saturated carbocycles. The van der Waals surface area contributed by atoms with Crippen LogP contribution in [0.3, 0.4) is 0 Å². The van der Waals surface area contributed by atoms with Gasteiger partial charge in [0.25, 0.3) is 0 Å². The van der Waals surface area contributed by atoms with Crippen molar-refractivity contribution in [2.75, 3.05) is 26.3 Å². The van der Waals surface area contributed by atoms with Crippen LogP contribution in [0, 0.1) is 11.8 Å². The van der Waals surface area contributed by atoms with Gasteiger partial charge in [-0.1, -0.05) is 39.5 Å². The van der Waals surface area contributed by atoms with Gasteiger partial charge in [-0.05, 0) is 31.2 Å². The van der Waals surface area contributed by atoms with Gasteiger partial charge in [0.1, 0.15) is 0 Å². The van der Waals surface area contributed by atoms with Gasteiger partial charge in [-0.25, -0.2) is 0 Å². The molecular weight excluding hydrogens is 226 g/mol. The molecule has 0 heterocycles. The second kappa shape index (κ2) is 9.76. The standard InChI is InChI=1S/C15H31NO2/c1-13(2)9-16-10-15(17)12-18-11-14-7-5-3-4-6-8-14/h13-17H,3-12H2,1-2H3. The topological polar surface area (TPSA) is 41.5 Å². The normalized spacial score (nSPS) is 20.0. The monoisotopic (exact) mass is 257 g/mol. The van der Waals surface area contributed by atoms with Gasteiger partial charge in [-0.15, -0.1) is 0 Å². The maximum atomic E-state index is 9.76. The fourth-order valence-corrected chi connectivity index (χ4v) is 2.50. The van der Waals surface area contributed by atoms with E-state index in [4.69, 9.17) is 4.74 Å². The number of hydrogen-bond acceptors (Lipinski definition) is 3. The molecule has 0 aromatic carbocycles. The van der Waals surface area contributed by atoms with Crippen LogP contribution in [0.5, 0.6) is 0 Å². The molecule has 1 unspecified atom stereocenters. The Balaban J connectivity index is 1.98. The van der Waals surface area contributed by atoms with Crippen LogP contribution in [0.2, 0.25) is 0 Å². The van der Waals surface area contributed by atoms with Crippen molar-refractivity contribution in [2.24, 2.45) is 11.8 Å². The van der Waals surface area contributed by atoms with E-state index in [1.54, 1.807) is 0 Å². The number of ether oxygens (including phenoxy) is 1. The molecule has 0 spiro atoms. The zero-order chi connectivity index (χ0) is 13.2. The molecule has 0 saturated heterocycles. The molecule has 0 amide bonds. The number of nitrogens with one attached hydrogen (secondary N) is 1. The number of rotatable bonds is 8. The highest BCUT2D eigenvalue weighted by Gasteiger charge is 2.13. The van der Waals surface area contributed by atoms with Crippen LogP contribution in [0.4, 0.5) is 0 Å². The Kier molecular flexibility index (Phi) is 8.64. The molecule has 1 fully saturated rings. The highest BCUT2D eigenvalue weighted by atomic mass is 16.5. The van der Waals surface area contributed by atoms with Crippen LogP contribution in [0.25, 0.3) is 0 Å². The lowest BCUT2D eigenvalue weighted by Gasteiger charge is -2.17. The van der Waals surface area contributed by atoms with Crippen molar-refractivity contribution in [1.29, 1.82) is 0 Å². The van der Waals surface area contributed by atoms with Gasteiger partial charge < -0.3 is 15.2 Å². The van der Waals surface area contributed by atoms with E-state index in [0.29, 0.717) is 19.1 Å². The Morgan fingerprint density at radius 3 is 2.39 bits per heavy atom. The molecule has 2 N–H and O–H groups in total. The van der Waals surface area contributed by atoms with Gasteiger partial charge in [0.05, 0.1) is 12.7 Å². The average molecular weight is 257 g/mol. The molecule has 3 nitrogen and oxygen atoms in total. The van der Waals surface area contributed by atoms with Crippen molar-refractivity contribution < 1.29 is 9.84 Å². The van der Waals surface area contributed by atoms with E-state index in [9.17, 15) is 5.11 Å². The molecule has 18 heavy (non-hydrogen) atoms. The van der Waals surface area contributed by atoms with Crippen LogP contribution in [-0.4, -0.2) is 37.5 Å². The summed E-state index contributed by atoms with van der Waals surface area (Å²) in [6, 6.07) is 0. The predicted molar refractivity (Wildman–Crippen MR) is 75.7 cm³/mol. The molecule has 1 rings (SSSR count). The first-order valence-electron chi connectivity index (χ1n) is 7.65. The van der Waals surface area contributed by atoms with E-state index >= 15 is 0 Å². The van der Waals surface area contributed by atoms with Crippen LogP contribution in [0.1, 0.15) is 52.4 Å². The lowest BCUT2D eigenvalue weighted by Crippen LogP contribution is -2.33. The molecule has 1 aliphatic carbocycles. The molecule has 0 aromatic rings. The van der Waals surface area contributed by atoms with Crippen LogP contribution < -0.4 is 5.32 Å². The lowest BCUT2D eigenvalue weighted by atomic mass is 10.0. The minimum Gasteiger partial charge on any atom is -0.389 e. The van der Waals surface area contributed by atoms with E-state index in [2.05, 4.69) is 19.2 Å². The van der Waals surface area contributed by atoms with Gasteiger partial charge in [-0.3, -0.25) is 0 Å². The molecule has 0 bridgehead atoms. The average Bonchev–Trinajstić information content (AvgIpc) is 2.57. The molecular formula is C15H31NO2. The van der Waals surface area contributed by atoms with E-state index in [0.717, 1.165) is 19.1 Å². The van der Waals surface area contributed by atoms with E-state index in [1.807, 2.05) is 0 Å². The minimum absolute atomic E-state index is 0.366. The number of aliphatic hydroxyl groups is 1. The van der Waals surface area contributed by atoms with Crippen LogP contribution in [0.15, 0.2) is 0 Å². The van der Waals surface area contributed by atoms with Gasteiger partial charge in [0.2, 0.25) is 0 Å². The Labute approximate surface area is 112 Å². The second-order valence-electron chi connectivity index (χ2n) is 6.10. The van der Waals surface area contributed by atoms with Gasteiger partial charge in [0.15, 0.2) is 0 Å². The Morgan fingerprint density at radius 1 is 1.11 bits per heavy atom. The zero-order valence-corrected chi connectivity index (χ0v) is 12.2. The van der Waals surface area contributed by atoms with Gasteiger partial charge >= 0.3 is 0 Å². The summed E-state index contributed by atoms with van der Waals surface area (Å²) in [5.74, 6) is 1.35. The first-order chi connectivity index (χ1) is 8.68. The van der Waals surface area contributed by atoms with E-state index in [-0.39, 0.29) is 6.10 Å². The lowest BCUT2D eigenvalue weighted by molar-refractivity contribution is 0.0191. The predicted octanol–water partition coefficient (Wildman–Crippen LogP) is 2.58. The summed E-state index contributed by atoms with van der Waals surface area (Å²) in [6.45, 7) is 7.25. The first kappa shape index (κ1) is 15.9. The van der Waals surface area contributed by atoms with Crippen LogP contribution in [-0.2, 0) is 4.74 Å². The van der Waals surface area contributed by atoms with Crippen molar-refractivity contribution in [3.63, 3.8) is 0 Å². The van der Waals surface area contributed by atoms with E-state index < -0.39 is 0 Å². The van der Waals surface area contributed by atoms with Crippen LogP contribution >= 0.6 is 0 Å². The fraction of sp³-hybridized carbons (Fsp3) is 1.00. The Morgan fingerprint density at radius 2 is 1.78 bits per heavy atom. The molecule has 1 aliphatic rings. The summed E-state index contributed by atoms with van der Waals surface area (Å²) in [6.07, 6.45) is 7.73. The number of aliphatic hydroxyl groups excluding tert-OH is 1. The van der Waals surface area contributed by atoms with Crippen molar-refractivity contribution in [1.82, 2.24) is 5.32 Å². The van der Waals surface area contributed by atoms with E-state index in [1.165, 1.54) is 38.5 Å². The summed E-state index contributed by atoms with van der Waals surface area (Å²) in [5.41, 5.74) is 0.